The Hall–Kier alpha value is -2.94. The van der Waals surface area contributed by atoms with Gasteiger partial charge in [0.05, 0.1) is 24.2 Å². The molecule has 0 saturated carbocycles. The summed E-state index contributed by atoms with van der Waals surface area (Å²) >= 11 is 1.15. The Morgan fingerprint density at radius 1 is 1.31 bits per heavy atom. The molecule has 1 heterocycles. The van der Waals surface area contributed by atoms with Crippen molar-refractivity contribution in [2.45, 2.75) is 12.1 Å². The van der Waals surface area contributed by atoms with Crippen LogP contribution in [-0.4, -0.2) is 39.0 Å². The zero-order chi connectivity index (χ0) is 18.5. The summed E-state index contributed by atoms with van der Waals surface area (Å²) in [5.41, 5.74) is 2.09. The van der Waals surface area contributed by atoms with Gasteiger partial charge in [-0.15, -0.1) is 5.10 Å². The van der Waals surface area contributed by atoms with E-state index in [0.29, 0.717) is 22.3 Å². The van der Waals surface area contributed by atoms with Gasteiger partial charge >= 0.3 is 0 Å². The van der Waals surface area contributed by atoms with E-state index in [1.54, 1.807) is 25.3 Å². The number of aryl methyl sites for hydroxylation is 1. The van der Waals surface area contributed by atoms with Crippen LogP contribution >= 0.6 is 11.8 Å². The van der Waals surface area contributed by atoms with Crippen molar-refractivity contribution in [3.63, 3.8) is 0 Å². The molecule has 7 nitrogen and oxygen atoms in total. The summed E-state index contributed by atoms with van der Waals surface area (Å²) in [6.07, 6.45) is 0. The molecule has 26 heavy (non-hydrogen) atoms. The third-order valence-corrected chi connectivity index (χ3v) is 4.37. The van der Waals surface area contributed by atoms with E-state index in [2.05, 4.69) is 20.8 Å². The zero-order valence-electron chi connectivity index (χ0n) is 14.1. The number of anilines is 1. The number of benzene rings is 2. The molecule has 3 rings (SSSR count). The normalized spacial score (nSPS) is 10.6. The Kier molecular flexibility index (Phi) is 5.47. The average Bonchev–Trinajstić information content (AvgIpc) is 3.09. The second-order valence-corrected chi connectivity index (χ2v) is 6.34. The molecule has 0 unspecified atom stereocenters. The van der Waals surface area contributed by atoms with Gasteiger partial charge in [-0.1, -0.05) is 23.9 Å². The maximum Gasteiger partial charge on any atom is 0.234 e. The van der Waals surface area contributed by atoms with Crippen LogP contribution in [0.15, 0.2) is 47.6 Å². The third-order valence-electron chi connectivity index (χ3n) is 3.46. The minimum absolute atomic E-state index is 0.0901. The van der Waals surface area contributed by atoms with Crippen LogP contribution < -0.4 is 10.1 Å². The molecule has 0 fully saturated rings. The lowest BCUT2D eigenvalue weighted by Gasteiger charge is -2.11. The van der Waals surface area contributed by atoms with E-state index < -0.39 is 5.82 Å². The van der Waals surface area contributed by atoms with Crippen molar-refractivity contribution in [2.24, 2.45) is 0 Å². The molecule has 0 radical (unpaired) electrons. The number of carbonyl (C=O) groups excluding carboxylic acids is 1. The Labute approximate surface area is 153 Å². The number of hydrogen-bond acceptors (Lipinski definition) is 6. The number of ether oxygens (including phenoxy) is 1. The number of thioether (sulfide) groups is 1. The lowest BCUT2D eigenvalue weighted by Crippen LogP contribution is -2.15. The van der Waals surface area contributed by atoms with Crippen molar-refractivity contribution in [1.29, 1.82) is 0 Å². The van der Waals surface area contributed by atoms with Gasteiger partial charge in [0.2, 0.25) is 11.1 Å². The van der Waals surface area contributed by atoms with Gasteiger partial charge in [-0.3, -0.25) is 4.79 Å². The summed E-state index contributed by atoms with van der Waals surface area (Å²) < 4.78 is 20.0. The Morgan fingerprint density at radius 2 is 2.15 bits per heavy atom. The highest BCUT2D eigenvalue weighted by atomic mass is 32.2. The molecule has 0 saturated heterocycles. The van der Waals surface area contributed by atoms with Crippen LogP contribution in [0.1, 0.15) is 5.56 Å². The summed E-state index contributed by atoms with van der Waals surface area (Å²) in [6.45, 7) is 1.93. The minimum atomic E-state index is -0.391. The number of nitrogens with zero attached hydrogens (tertiary/aromatic N) is 4. The monoisotopic (exact) mass is 373 g/mol. The molecule has 1 amide bonds. The van der Waals surface area contributed by atoms with Crippen LogP contribution in [0.25, 0.3) is 5.69 Å². The van der Waals surface area contributed by atoms with Crippen LogP contribution in [0.2, 0.25) is 0 Å². The van der Waals surface area contributed by atoms with E-state index in [9.17, 15) is 9.18 Å². The van der Waals surface area contributed by atoms with Gasteiger partial charge in [0.1, 0.15) is 11.6 Å². The SMILES string of the molecule is COc1ccc(C)cc1NC(=O)CSc1nnnn1-c1cccc(F)c1. The highest BCUT2D eigenvalue weighted by Crippen LogP contribution is 2.26. The highest BCUT2D eigenvalue weighted by molar-refractivity contribution is 7.99. The van der Waals surface area contributed by atoms with E-state index in [0.717, 1.165) is 17.3 Å². The number of rotatable bonds is 6. The topological polar surface area (TPSA) is 81.9 Å². The van der Waals surface area contributed by atoms with E-state index >= 15 is 0 Å². The second kappa shape index (κ2) is 7.96. The average molecular weight is 373 g/mol. The molecule has 9 heteroatoms. The highest BCUT2D eigenvalue weighted by Gasteiger charge is 2.13. The lowest BCUT2D eigenvalue weighted by atomic mass is 10.2. The van der Waals surface area contributed by atoms with Gasteiger partial charge in [0.15, 0.2) is 0 Å². The van der Waals surface area contributed by atoms with Crippen molar-refractivity contribution in [2.75, 3.05) is 18.2 Å². The predicted octanol–water partition coefficient (Wildman–Crippen LogP) is 2.85. The molecule has 0 spiro atoms. The molecule has 0 atom stereocenters. The van der Waals surface area contributed by atoms with Crippen LogP contribution in [0.5, 0.6) is 5.75 Å². The van der Waals surface area contributed by atoms with Crippen LogP contribution in [0.4, 0.5) is 10.1 Å². The van der Waals surface area contributed by atoms with E-state index in [4.69, 9.17) is 4.74 Å². The number of hydrogen-bond donors (Lipinski definition) is 1. The summed E-state index contributed by atoms with van der Waals surface area (Å²) in [5, 5.41) is 14.5. The Morgan fingerprint density at radius 3 is 2.92 bits per heavy atom. The first kappa shape index (κ1) is 17.9. The van der Waals surface area contributed by atoms with Gasteiger partial charge in [-0.25, -0.2) is 4.39 Å². The molecule has 1 aromatic heterocycles. The summed E-state index contributed by atoms with van der Waals surface area (Å²) in [6, 6.07) is 11.4. The first-order valence-electron chi connectivity index (χ1n) is 7.68. The number of nitrogens with one attached hydrogen (secondary N) is 1. The van der Waals surface area contributed by atoms with E-state index in [1.807, 2.05) is 19.1 Å². The quantitative estimate of drug-likeness (QED) is 0.669. The molecule has 3 aromatic rings. The molecule has 0 aliphatic rings. The van der Waals surface area contributed by atoms with Gasteiger partial charge in [0.25, 0.3) is 0 Å². The third kappa shape index (κ3) is 4.17. The maximum atomic E-state index is 13.4. The van der Waals surface area contributed by atoms with E-state index in [1.165, 1.54) is 16.8 Å². The zero-order valence-corrected chi connectivity index (χ0v) is 15.0. The molecule has 0 bridgehead atoms. The van der Waals surface area contributed by atoms with Gasteiger partial charge in [-0.05, 0) is 53.2 Å². The fourth-order valence-corrected chi connectivity index (χ4v) is 2.97. The second-order valence-electron chi connectivity index (χ2n) is 5.39. The summed E-state index contributed by atoms with van der Waals surface area (Å²) in [7, 11) is 1.54. The van der Waals surface area contributed by atoms with Crippen molar-refractivity contribution in [3.05, 3.63) is 53.8 Å². The Balaban J connectivity index is 1.68. The molecule has 1 N–H and O–H groups in total. The maximum absolute atomic E-state index is 13.4. The number of halogens is 1. The first-order chi connectivity index (χ1) is 12.6. The number of amides is 1. The van der Waals surface area contributed by atoms with Crippen LogP contribution in [-0.2, 0) is 4.79 Å². The molecule has 2 aromatic carbocycles. The number of methoxy groups -OCH3 is 1. The van der Waals surface area contributed by atoms with Crippen LogP contribution in [0.3, 0.4) is 0 Å². The lowest BCUT2D eigenvalue weighted by molar-refractivity contribution is -0.113. The fourth-order valence-electron chi connectivity index (χ4n) is 2.27. The van der Waals surface area contributed by atoms with Crippen molar-refractivity contribution >= 4 is 23.4 Å². The number of carbonyl (C=O) groups is 1. The molecular weight excluding hydrogens is 357 g/mol. The standard InChI is InChI=1S/C17H16FN5O2S/c1-11-6-7-15(25-2)14(8-11)19-16(24)10-26-17-20-21-22-23(17)13-5-3-4-12(18)9-13/h3-9H,10H2,1-2H3,(H,19,24). The fraction of sp³-hybridized carbons (Fsp3) is 0.176. The van der Waals surface area contributed by atoms with Crippen molar-refractivity contribution in [3.8, 4) is 11.4 Å². The predicted molar refractivity (Wildman–Crippen MR) is 96.2 cm³/mol. The summed E-state index contributed by atoms with van der Waals surface area (Å²) in [4.78, 5) is 12.3. The van der Waals surface area contributed by atoms with Gasteiger partial charge in [-0.2, -0.15) is 4.68 Å². The minimum Gasteiger partial charge on any atom is -0.495 e. The largest absolute Gasteiger partial charge is 0.495 e. The Bertz CT molecular complexity index is 931. The van der Waals surface area contributed by atoms with Gasteiger partial charge in [0, 0.05) is 0 Å². The van der Waals surface area contributed by atoms with Crippen molar-refractivity contribution in [1.82, 2.24) is 20.2 Å². The number of aromatic nitrogens is 4. The van der Waals surface area contributed by atoms with Gasteiger partial charge < -0.3 is 10.1 Å². The smallest absolute Gasteiger partial charge is 0.234 e. The molecular formula is C17H16FN5O2S. The van der Waals surface area contributed by atoms with E-state index in [-0.39, 0.29) is 11.7 Å². The molecule has 0 aliphatic heterocycles. The molecule has 134 valence electrons. The summed E-state index contributed by atoms with van der Waals surface area (Å²) in [5.74, 6) is 0.0525. The first-order valence-corrected chi connectivity index (χ1v) is 8.67. The van der Waals surface area contributed by atoms with Crippen molar-refractivity contribution < 1.29 is 13.9 Å². The number of tetrazole rings is 1. The van der Waals surface area contributed by atoms with Crippen LogP contribution in [0, 0.1) is 12.7 Å². The molecule has 0 aliphatic carbocycles.